The zero-order valence-electron chi connectivity index (χ0n) is 32.9. The fourth-order valence-electron chi connectivity index (χ4n) is 10.2. The molecular weight excluding hydrogens is 711 g/mol. The predicted molar refractivity (Wildman–Crippen MR) is 242 cm³/mol. The molecule has 2 aromatic heterocycles. The molecule has 0 spiro atoms. The molecule has 0 amide bonds. The summed E-state index contributed by atoms with van der Waals surface area (Å²) >= 11 is 0. The first kappa shape index (κ1) is 33.2. The third-order valence-corrected chi connectivity index (χ3v) is 12.5. The third kappa shape index (κ3) is 4.58. The van der Waals surface area contributed by atoms with E-state index >= 15 is 0 Å². The molecule has 0 saturated heterocycles. The van der Waals surface area contributed by atoms with Crippen molar-refractivity contribution in [2.75, 3.05) is 14.7 Å². The van der Waals surface area contributed by atoms with Gasteiger partial charge in [0.1, 0.15) is 22.3 Å². The van der Waals surface area contributed by atoms with Crippen molar-refractivity contribution < 1.29 is 8.83 Å². The molecule has 0 radical (unpaired) electrons. The van der Waals surface area contributed by atoms with Gasteiger partial charge in [-0.3, -0.25) is 0 Å². The molecule has 2 aliphatic heterocycles. The van der Waals surface area contributed by atoms with Crippen molar-refractivity contribution in [1.82, 2.24) is 0 Å². The largest absolute Gasteiger partial charge is 0.456 e. The minimum Gasteiger partial charge on any atom is -0.456 e. The van der Waals surface area contributed by atoms with Crippen molar-refractivity contribution in [2.24, 2.45) is 5.92 Å². The van der Waals surface area contributed by atoms with E-state index in [1.54, 1.807) is 0 Å². The number of rotatable bonds is 4. The first-order chi connectivity index (χ1) is 28.4. The number of para-hydroxylation sites is 5. The van der Waals surface area contributed by atoms with Crippen molar-refractivity contribution >= 4 is 100 Å². The van der Waals surface area contributed by atoms with Crippen LogP contribution in [0.3, 0.4) is 0 Å². The standard InChI is InChI=1S/C53H41N3O2/c1-31(2)53-37-17-5-8-20-43(37)55(46-29-51-38(27-40(46)53)35-15-6-11-25-49(35)57-51)41-23-13-19-34-33(41)18-14-24-42(34)56-45-22-10-9-21-44(45)54(32(3)4)47-28-39-36-16-7-12-26-50(36)58-52(39)30-48(47)56/h5-32,53H,1-4H3. The molecule has 12 rings (SSSR count). The molecule has 1 atom stereocenters. The van der Waals surface area contributed by atoms with E-state index in [0.717, 1.165) is 78.0 Å². The van der Waals surface area contributed by atoms with Gasteiger partial charge in [0.15, 0.2) is 0 Å². The Morgan fingerprint density at radius 1 is 0.362 bits per heavy atom. The van der Waals surface area contributed by atoms with Gasteiger partial charge in [0.05, 0.1) is 39.8 Å². The van der Waals surface area contributed by atoms with Gasteiger partial charge in [0.25, 0.3) is 0 Å². The van der Waals surface area contributed by atoms with Crippen LogP contribution in [-0.2, 0) is 0 Å². The number of nitrogens with zero attached hydrogens (tertiary/aromatic N) is 3. The van der Waals surface area contributed by atoms with Gasteiger partial charge in [0, 0.05) is 62.1 Å². The van der Waals surface area contributed by atoms with Gasteiger partial charge in [-0.15, -0.1) is 0 Å². The lowest BCUT2D eigenvalue weighted by atomic mass is 9.77. The highest BCUT2D eigenvalue weighted by molar-refractivity contribution is 6.15. The van der Waals surface area contributed by atoms with Gasteiger partial charge in [-0.2, -0.15) is 0 Å². The monoisotopic (exact) mass is 751 g/mol. The maximum Gasteiger partial charge on any atom is 0.137 e. The molecule has 0 N–H and O–H groups in total. The Hall–Kier alpha value is -6.98. The van der Waals surface area contributed by atoms with Gasteiger partial charge in [0.2, 0.25) is 0 Å². The molecule has 4 heterocycles. The van der Waals surface area contributed by atoms with Crippen LogP contribution in [0.2, 0.25) is 0 Å². The minimum absolute atomic E-state index is 0.226. The van der Waals surface area contributed by atoms with Crippen LogP contribution in [0.1, 0.15) is 44.7 Å². The lowest BCUT2D eigenvalue weighted by Crippen LogP contribution is -2.32. The summed E-state index contributed by atoms with van der Waals surface area (Å²) in [4.78, 5) is 7.41. The van der Waals surface area contributed by atoms with Gasteiger partial charge in [-0.1, -0.05) is 105 Å². The quantitative estimate of drug-likeness (QED) is 0.179. The molecule has 10 aromatic rings. The fraction of sp³-hybridized carbons (Fsp3) is 0.132. The van der Waals surface area contributed by atoms with Crippen LogP contribution >= 0.6 is 0 Å². The average Bonchev–Trinajstić information content (AvgIpc) is 3.79. The Kier molecular flexibility index (Phi) is 7.01. The van der Waals surface area contributed by atoms with Gasteiger partial charge in [-0.05, 0) is 85.5 Å². The van der Waals surface area contributed by atoms with Crippen LogP contribution in [0.4, 0.5) is 45.5 Å². The van der Waals surface area contributed by atoms with Gasteiger partial charge >= 0.3 is 0 Å². The van der Waals surface area contributed by atoms with Crippen molar-refractivity contribution in [2.45, 2.75) is 39.7 Å². The highest BCUT2D eigenvalue weighted by atomic mass is 16.3. The maximum atomic E-state index is 6.57. The van der Waals surface area contributed by atoms with Crippen LogP contribution in [0.5, 0.6) is 0 Å². The van der Waals surface area contributed by atoms with Gasteiger partial charge < -0.3 is 23.5 Å². The summed E-state index contributed by atoms with van der Waals surface area (Å²) in [6.07, 6.45) is 0. The van der Waals surface area contributed by atoms with Crippen LogP contribution in [-0.4, -0.2) is 6.04 Å². The molecule has 0 fully saturated rings. The summed E-state index contributed by atoms with van der Waals surface area (Å²) in [6, 6.07) is 57.6. The fourth-order valence-corrected chi connectivity index (χ4v) is 10.2. The molecule has 0 aliphatic carbocycles. The SMILES string of the molecule is CC(C)C1c2ccccc2N(c2cccc3c(N4c5ccccc5N(C(C)C)c5cc6c(cc54)oc4ccccc46)cccc23)c2cc3oc4ccccc4c3cc21. The molecule has 5 heteroatoms. The average molecular weight is 752 g/mol. The molecule has 2 aliphatic rings. The number of hydrogen-bond acceptors (Lipinski definition) is 5. The normalized spacial score (nSPS) is 14.9. The number of benzene rings is 8. The van der Waals surface area contributed by atoms with E-state index in [0.29, 0.717) is 5.92 Å². The molecule has 1 unspecified atom stereocenters. The summed E-state index contributed by atoms with van der Waals surface area (Å²) in [6.45, 7) is 9.23. The topological polar surface area (TPSA) is 36.0 Å². The zero-order chi connectivity index (χ0) is 38.8. The Bertz CT molecular complexity index is 3080. The van der Waals surface area contributed by atoms with Crippen LogP contribution in [0.15, 0.2) is 167 Å². The van der Waals surface area contributed by atoms with Crippen molar-refractivity contribution in [3.8, 4) is 0 Å². The second-order valence-electron chi connectivity index (χ2n) is 16.5. The zero-order valence-corrected chi connectivity index (χ0v) is 32.9. The van der Waals surface area contributed by atoms with E-state index in [9.17, 15) is 0 Å². The Balaban J connectivity index is 1.12. The first-order valence-corrected chi connectivity index (χ1v) is 20.4. The third-order valence-electron chi connectivity index (χ3n) is 12.5. The summed E-state index contributed by atoms with van der Waals surface area (Å²) in [5.41, 5.74) is 15.5. The van der Waals surface area contributed by atoms with E-state index in [4.69, 9.17) is 8.83 Å². The molecule has 280 valence electrons. The maximum absolute atomic E-state index is 6.57. The Labute approximate surface area is 336 Å². The van der Waals surface area contributed by atoms with Crippen LogP contribution in [0, 0.1) is 5.92 Å². The Morgan fingerprint density at radius 3 is 1.50 bits per heavy atom. The molecule has 58 heavy (non-hydrogen) atoms. The minimum atomic E-state index is 0.226. The van der Waals surface area contributed by atoms with Crippen LogP contribution < -0.4 is 14.7 Å². The summed E-state index contributed by atoms with van der Waals surface area (Å²) < 4.78 is 13.1. The first-order valence-electron chi connectivity index (χ1n) is 20.4. The Morgan fingerprint density at radius 2 is 0.862 bits per heavy atom. The summed E-state index contributed by atoms with van der Waals surface area (Å²) in [5.74, 6) is 0.617. The molecule has 5 nitrogen and oxygen atoms in total. The van der Waals surface area contributed by atoms with Crippen molar-refractivity contribution in [3.05, 3.63) is 169 Å². The lowest BCUT2D eigenvalue weighted by molar-refractivity contribution is 0.560. The van der Waals surface area contributed by atoms with E-state index in [2.05, 4.69) is 194 Å². The van der Waals surface area contributed by atoms with E-state index in [1.165, 1.54) is 33.3 Å². The second-order valence-corrected chi connectivity index (χ2v) is 16.5. The molecule has 0 saturated carbocycles. The lowest BCUT2D eigenvalue weighted by Gasteiger charge is -2.42. The van der Waals surface area contributed by atoms with E-state index in [1.807, 2.05) is 6.07 Å². The number of anilines is 8. The van der Waals surface area contributed by atoms with Gasteiger partial charge in [-0.25, -0.2) is 0 Å². The molecular formula is C53H41N3O2. The number of furan rings is 2. The molecule has 0 bridgehead atoms. The second kappa shape index (κ2) is 12.3. The van der Waals surface area contributed by atoms with Crippen LogP contribution in [0.25, 0.3) is 54.6 Å². The van der Waals surface area contributed by atoms with E-state index < -0.39 is 0 Å². The molecule has 8 aromatic carbocycles. The summed E-state index contributed by atoms with van der Waals surface area (Å²) in [7, 11) is 0. The smallest absolute Gasteiger partial charge is 0.137 e. The number of fused-ring (bicyclic) bond motifs is 11. The highest BCUT2D eigenvalue weighted by Crippen LogP contribution is 2.57. The van der Waals surface area contributed by atoms with Crippen molar-refractivity contribution in [1.29, 1.82) is 0 Å². The van der Waals surface area contributed by atoms with E-state index in [-0.39, 0.29) is 12.0 Å². The highest BCUT2D eigenvalue weighted by Gasteiger charge is 2.36. The predicted octanol–water partition coefficient (Wildman–Crippen LogP) is 15.5. The summed E-state index contributed by atoms with van der Waals surface area (Å²) in [5, 5.41) is 6.91. The number of hydrogen-bond donors (Lipinski definition) is 0. The van der Waals surface area contributed by atoms with Crippen molar-refractivity contribution in [3.63, 3.8) is 0 Å².